The van der Waals surface area contributed by atoms with Gasteiger partial charge in [-0.1, -0.05) is 65.8 Å². The zero-order chi connectivity index (χ0) is 21.8. The summed E-state index contributed by atoms with van der Waals surface area (Å²) in [6, 6.07) is 18.7. The van der Waals surface area contributed by atoms with Crippen molar-refractivity contribution < 1.29 is 24.3 Å². The second-order valence-electron chi connectivity index (χ2n) is 7.01. The van der Waals surface area contributed by atoms with Crippen LogP contribution in [0.3, 0.4) is 0 Å². The van der Waals surface area contributed by atoms with Gasteiger partial charge in [-0.15, -0.1) is 11.3 Å². The van der Waals surface area contributed by atoms with Gasteiger partial charge in [0.2, 0.25) is 11.3 Å². The molecular weight excluding hydrogens is 418 g/mol. The molecule has 8 nitrogen and oxygen atoms in total. The van der Waals surface area contributed by atoms with Crippen molar-refractivity contribution in [1.82, 2.24) is 4.98 Å². The van der Waals surface area contributed by atoms with Crippen LogP contribution in [0.4, 0.5) is 5.13 Å². The number of carboxylic acids is 1. The van der Waals surface area contributed by atoms with E-state index in [-0.39, 0.29) is 10.8 Å². The Kier molecular flexibility index (Phi) is 5.68. The third-order valence-electron chi connectivity index (χ3n) is 4.78. The number of nitrogens with two attached hydrogens (primary N) is 1. The van der Waals surface area contributed by atoms with Crippen molar-refractivity contribution in [3.63, 3.8) is 0 Å². The number of ether oxygens (including phenoxy) is 1. The highest BCUT2D eigenvalue weighted by Gasteiger charge is 2.56. The smallest absolute Gasteiger partial charge is 0.360 e. The lowest BCUT2D eigenvalue weighted by Gasteiger charge is -2.21. The molecule has 1 aliphatic carbocycles. The van der Waals surface area contributed by atoms with Gasteiger partial charge in [-0.3, -0.25) is 0 Å². The van der Waals surface area contributed by atoms with E-state index in [0.717, 1.165) is 22.5 Å². The summed E-state index contributed by atoms with van der Waals surface area (Å²) in [5.74, 6) is -1.93. The van der Waals surface area contributed by atoms with E-state index in [9.17, 15) is 14.7 Å². The fraction of sp³-hybridized carbons (Fsp3) is 0.182. The molecule has 31 heavy (non-hydrogen) atoms. The predicted octanol–water partition coefficient (Wildman–Crippen LogP) is 3.40. The summed E-state index contributed by atoms with van der Waals surface area (Å²) in [6.07, 6.45) is 0.118. The topological polar surface area (TPSA) is 124 Å². The fourth-order valence-electron chi connectivity index (χ4n) is 2.97. The first-order valence-corrected chi connectivity index (χ1v) is 10.4. The molecule has 0 bridgehead atoms. The molecule has 0 aliphatic heterocycles. The second-order valence-corrected chi connectivity index (χ2v) is 7.90. The van der Waals surface area contributed by atoms with E-state index in [4.69, 9.17) is 15.3 Å². The molecule has 2 aromatic carbocycles. The number of oxime groups is 1. The number of esters is 1. The second kappa shape index (κ2) is 8.57. The average molecular weight is 437 g/mol. The van der Waals surface area contributed by atoms with Crippen molar-refractivity contribution in [3.8, 4) is 0 Å². The number of aliphatic carboxylic acids is 1. The van der Waals surface area contributed by atoms with Crippen LogP contribution in [0.1, 0.15) is 35.8 Å². The lowest BCUT2D eigenvalue weighted by molar-refractivity contribution is -0.164. The molecule has 1 aliphatic rings. The number of thiazole rings is 1. The minimum absolute atomic E-state index is 0.0746. The molecule has 3 N–H and O–H groups in total. The van der Waals surface area contributed by atoms with Gasteiger partial charge in [0, 0.05) is 18.2 Å². The van der Waals surface area contributed by atoms with Crippen molar-refractivity contribution >= 4 is 34.1 Å². The van der Waals surface area contributed by atoms with Crippen LogP contribution in [0, 0.1) is 0 Å². The highest BCUT2D eigenvalue weighted by Crippen LogP contribution is 2.43. The summed E-state index contributed by atoms with van der Waals surface area (Å²) >= 11 is 1.08. The van der Waals surface area contributed by atoms with Crippen molar-refractivity contribution in [1.29, 1.82) is 0 Å². The van der Waals surface area contributed by atoms with E-state index in [0.29, 0.717) is 12.8 Å². The van der Waals surface area contributed by atoms with Crippen LogP contribution < -0.4 is 5.73 Å². The molecule has 3 aromatic rings. The third-order valence-corrected chi connectivity index (χ3v) is 5.46. The summed E-state index contributed by atoms with van der Waals surface area (Å²) in [5.41, 5.74) is 5.53. The maximum absolute atomic E-state index is 13.0. The molecule has 0 amide bonds. The Bertz CT molecular complexity index is 1070. The molecule has 0 spiro atoms. The molecule has 158 valence electrons. The van der Waals surface area contributed by atoms with Gasteiger partial charge in [-0.2, -0.15) is 0 Å². The summed E-state index contributed by atoms with van der Waals surface area (Å²) in [4.78, 5) is 33.9. The van der Waals surface area contributed by atoms with Crippen molar-refractivity contribution in [3.05, 3.63) is 82.9 Å². The zero-order valence-corrected chi connectivity index (χ0v) is 17.1. The maximum Gasteiger partial charge on any atom is 0.360 e. The first-order chi connectivity index (χ1) is 15.0. The molecular formula is C22H19N3O5S. The largest absolute Gasteiger partial charge is 0.476 e. The first kappa shape index (κ1) is 20.5. The van der Waals surface area contributed by atoms with Gasteiger partial charge in [0.25, 0.3) is 0 Å². The van der Waals surface area contributed by atoms with E-state index in [1.54, 1.807) is 0 Å². The van der Waals surface area contributed by atoms with Crippen LogP contribution >= 0.6 is 11.3 Å². The molecule has 4 rings (SSSR count). The van der Waals surface area contributed by atoms with E-state index >= 15 is 0 Å². The normalized spacial score (nSPS) is 14.8. The van der Waals surface area contributed by atoms with Gasteiger partial charge in [0.15, 0.2) is 11.2 Å². The zero-order valence-electron chi connectivity index (χ0n) is 16.3. The predicted molar refractivity (Wildman–Crippen MR) is 115 cm³/mol. The van der Waals surface area contributed by atoms with Crippen LogP contribution in [0.5, 0.6) is 0 Å². The number of hydrogen-bond acceptors (Lipinski definition) is 8. The van der Waals surface area contributed by atoms with E-state index < -0.39 is 29.4 Å². The number of nitrogens with zero attached hydrogens (tertiary/aromatic N) is 2. The van der Waals surface area contributed by atoms with Gasteiger partial charge < -0.3 is 20.4 Å². The van der Waals surface area contributed by atoms with Crippen LogP contribution in [-0.2, 0) is 19.2 Å². The van der Waals surface area contributed by atoms with Gasteiger partial charge in [0.05, 0.1) is 0 Å². The molecule has 1 aromatic heterocycles. The SMILES string of the molecule is Nc1nc(/C(=N/OC2(C(=O)OC(c3ccccc3)c3ccccc3)CC2)C(=O)O)cs1. The molecule has 9 heteroatoms. The Hall–Kier alpha value is -3.72. The van der Waals surface area contributed by atoms with Gasteiger partial charge in [-0.25, -0.2) is 14.6 Å². The quantitative estimate of drug-likeness (QED) is 0.314. The maximum atomic E-state index is 13.0. The van der Waals surface area contributed by atoms with Crippen LogP contribution in [0.15, 0.2) is 71.2 Å². The molecule has 0 radical (unpaired) electrons. The van der Waals surface area contributed by atoms with Gasteiger partial charge >= 0.3 is 11.9 Å². The lowest BCUT2D eigenvalue weighted by atomic mass is 10.0. The summed E-state index contributed by atoms with van der Waals surface area (Å²) in [5, 5.41) is 14.8. The standard InChI is InChI=1S/C22H19N3O5S/c23-21-24-16(13-31-21)17(19(26)27)25-30-22(11-12-22)20(28)29-18(14-7-3-1-4-8-14)15-9-5-2-6-10-15/h1-10,13,18H,11-12H2,(H2,23,24)(H,26,27)/b25-17-. The Morgan fingerprint density at radius 2 is 1.65 bits per heavy atom. The van der Waals surface area contributed by atoms with Crippen molar-refractivity contribution in [2.24, 2.45) is 5.16 Å². The van der Waals surface area contributed by atoms with E-state index in [1.165, 1.54) is 5.38 Å². The molecule has 0 saturated heterocycles. The lowest BCUT2D eigenvalue weighted by Crippen LogP contribution is -2.30. The van der Waals surface area contributed by atoms with E-state index in [1.807, 2.05) is 60.7 Å². The number of carbonyl (C=O) groups excluding carboxylic acids is 1. The van der Waals surface area contributed by atoms with Gasteiger partial charge in [-0.05, 0) is 11.1 Å². The van der Waals surface area contributed by atoms with Gasteiger partial charge in [0.1, 0.15) is 5.69 Å². The Labute approximate surface area is 181 Å². The van der Waals surface area contributed by atoms with Crippen LogP contribution in [-0.4, -0.2) is 33.3 Å². The van der Waals surface area contributed by atoms with Crippen LogP contribution in [0.25, 0.3) is 0 Å². The van der Waals surface area contributed by atoms with Crippen LogP contribution in [0.2, 0.25) is 0 Å². The number of anilines is 1. The van der Waals surface area contributed by atoms with Crippen molar-refractivity contribution in [2.45, 2.75) is 24.5 Å². The number of aromatic nitrogens is 1. The number of carboxylic acid groups (broad SMARTS) is 1. The highest BCUT2D eigenvalue weighted by atomic mass is 32.1. The number of benzene rings is 2. The Balaban J connectivity index is 1.55. The molecule has 1 saturated carbocycles. The number of rotatable bonds is 8. The monoisotopic (exact) mass is 437 g/mol. The molecule has 1 fully saturated rings. The Morgan fingerprint density at radius 1 is 1.06 bits per heavy atom. The minimum atomic E-state index is -1.33. The summed E-state index contributed by atoms with van der Waals surface area (Å²) in [6.45, 7) is 0. The number of nitrogen functional groups attached to an aromatic ring is 1. The first-order valence-electron chi connectivity index (χ1n) is 9.50. The summed E-state index contributed by atoms with van der Waals surface area (Å²) < 4.78 is 5.84. The molecule has 1 heterocycles. The summed E-state index contributed by atoms with van der Waals surface area (Å²) in [7, 11) is 0. The highest BCUT2D eigenvalue weighted by molar-refractivity contribution is 7.13. The Morgan fingerprint density at radius 3 is 2.10 bits per heavy atom. The number of hydrogen-bond donors (Lipinski definition) is 2. The fourth-order valence-corrected chi connectivity index (χ4v) is 3.52. The van der Waals surface area contributed by atoms with E-state index in [2.05, 4.69) is 10.1 Å². The van der Waals surface area contributed by atoms with Crippen molar-refractivity contribution in [2.75, 3.05) is 5.73 Å². The molecule has 0 unspecified atom stereocenters. The molecule has 0 atom stereocenters. The minimum Gasteiger partial charge on any atom is -0.476 e. The average Bonchev–Trinajstić information content (AvgIpc) is 3.46. The third kappa shape index (κ3) is 4.56. The number of carbonyl (C=O) groups is 2.